The smallest absolute Gasteiger partial charge is 0.411 e. The van der Waals surface area contributed by atoms with Crippen LogP contribution in [0.3, 0.4) is 0 Å². The fraction of sp³-hybridized carbons (Fsp3) is 0.391. The second kappa shape index (κ2) is 11.9. The molecule has 0 radical (unpaired) electrons. The summed E-state index contributed by atoms with van der Waals surface area (Å²) in [7, 11) is 1.41. The maximum absolute atomic E-state index is 12.6. The average molecular weight is 504 g/mol. The molecule has 34 heavy (non-hydrogen) atoms. The quantitative estimate of drug-likeness (QED) is 0.464. The van der Waals surface area contributed by atoms with Gasteiger partial charge in [0, 0.05) is 18.5 Å². The van der Waals surface area contributed by atoms with Crippen LogP contribution < -0.4 is 14.8 Å². The first-order chi connectivity index (χ1) is 15.9. The summed E-state index contributed by atoms with van der Waals surface area (Å²) in [5.74, 6) is -1.06. The van der Waals surface area contributed by atoms with Crippen molar-refractivity contribution >= 4 is 23.5 Å². The predicted molar refractivity (Wildman–Crippen MR) is 119 cm³/mol. The molecule has 2 aromatic rings. The molecule has 0 saturated heterocycles. The SMILES string of the molecule is COc1ccc(CC(OCC(F)(F)F)C(=O)O)cc1CNC(=O)c1ccc(OC(C)C)cc1Cl. The summed E-state index contributed by atoms with van der Waals surface area (Å²) in [6.45, 7) is 2.04. The van der Waals surface area contributed by atoms with Crippen molar-refractivity contribution in [3.05, 3.63) is 58.1 Å². The van der Waals surface area contributed by atoms with E-state index in [9.17, 15) is 27.9 Å². The average Bonchev–Trinajstić information content (AvgIpc) is 2.73. The summed E-state index contributed by atoms with van der Waals surface area (Å²) in [5.41, 5.74) is 1.11. The number of halogens is 4. The molecule has 2 N–H and O–H groups in total. The molecule has 2 rings (SSSR count). The number of rotatable bonds is 11. The summed E-state index contributed by atoms with van der Waals surface area (Å²) in [4.78, 5) is 23.9. The lowest BCUT2D eigenvalue weighted by Gasteiger charge is -2.17. The molecule has 2 aromatic carbocycles. The number of carboxylic acids is 1. The van der Waals surface area contributed by atoms with E-state index in [-0.39, 0.29) is 29.7 Å². The number of carbonyl (C=O) groups is 2. The molecule has 1 atom stereocenters. The van der Waals surface area contributed by atoms with Crippen molar-refractivity contribution in [2.45, 2.75) is 45.2 Å². The van der Waals surface area contributed by atoms with E-state index in [1.54, 1.807) is 6.07 Å². The van der Waals surface area contributed by atoms with Gasteiger partial charge in [-0.05, 0) is 43.7 Å². The Labute approximate surface area is 199 Å². The summed E-state index contributed by atoms with van der Waals surface area (Å²) in [6.07, 6.45) is -6.71. The molecule has 186 valence electrons. The number of ether oxygens (including phenoxy) is 3. The van der Waals surface area contributed by atoms with Crippen LogP contribution in [0.15, 0.2) is 36.4 Å². The number of carbonyl (C=O) groups excluding carboxylic acids is 1. The first-order valence-corrected chi connectivity index (χ1v) is 10.6. The second-order valence-corrected chi connectivity index (χ2v) is 8.00. The van der Waals surface area contributed by atoms with Crippen LogP contribution in [0.1, 0.15) is 35.3 Å². The molecule has 0 spiro atoms. The van der Waals surface area contributed by atoms with E-state index in [1.165, 1.54) is 37.4 Å². The van der Waals surface area contributed by atoms with E-state index in [2.05, 4.69) is 10.1 Å². The van der Waals surface area contributed by atoms with Gasteiger partial charge in [-0.15, -0.1) is 0 Å². The van der Waals surface area contributed by atoms with E-state index in [1.807, 2.05) is 13.8 Å². The number of hydrogen-bond donors (Lipinski definition) is 2. The van der Waals surface area contributed by atoms with Crippen LogP contribution in [0.5, 0.6) is 11.5 Å². The highest BCUT2D eigenvalue weighted by Gasteiger charge is 2.31. The Balaban J connectivity index is 2.12. The number of alkyl halides is 3. The van der Waals surface area contributed by atoms with Crippen LogP contribution >= 0.6 is 11.6 Å². The van der Waals surface area contributed by atoms with Gasteiger partial charge in [0.15, 0.2) is 6.10 Å². The summed E-state index contributed by atoms with van der Waals surface area (Å²) >= 11 is 6.21. The maximum Gasteiger partial charge on any atom is 0.411 e. The van der Waals surface area contributed by atoms with Gasteiger partial charge in [-0.25, -0.2) is 4.79 Å². The van der Waals surface area contributed by atoms with Crippen LogP contribution in [-0.2, 0) is 22.5 Å². The third-order valence-electron chi connectivity index (χ3n) is 4.49. The molecule has 1 amide bonds. The Bertz CT molecular complexity index is 1010. The lowest BCUT2D eigenvalue weighted by molar-refractivity contribution is -0.192. The molecular weight excluding hydrogens is 479 g/mol. The Hall–Kier alpha value is -2.98. The van der Waals surface area contributed by atoms with E-state index >= 15 is 0 Å². The van der Waals surface area contributed by atoms with E-state index < -0.39 is 30.8 Å². The summed E-state index contributed by atoms with van der Waals surface area (Å²) < 4.78 is 52.6. The number of hydrogen-bond acceptors (Lipinski definition) is 5. The minimum atomic E-state index is -4.65. The molecule has 0 saturated carbocycles. The predicted octanol–water partition coefficient (Wildman–Crippen LogP) is 4.64. The molecule has 11 heteroatoms. The largest absolute Gasteiger partial charge is 0.496 e. The highest BCUT2D eigenvalue weighted by molar-refractivity contribution is 6.34. The number of nitrogens with one attached hydrogen (secondary N) is 1. The number of aliphatic carboxylic acids is 1. The van der Waals surface area contributed by atoms with Crippen molar-refractivity contribution in [2.75, 3.05) is 13.7 Å². The van der Waals surface area contributed by atoms with Gasteiger partial charge in [-0.1, -0.05) is 23.7 Å². The first kappa shape index (κ1) is 27.3. The van der Waals surface area contributed by atoms with Gasteiger partial charge in [0.1, 0.15) is 18.1 Å². The molecule has 0 fully saturated rings. The Morgan fingerprint density at radius 3 is 2.41 bits per heavy atom. The zero-order valence-corrected chi connectivity index (χ0v) is 19.5. The number of methoxy groups -OCH3 is 1. The van der Waals surface area contributed by atoms with Gasteiger partial charge < -0.3 is 24.6 Å². The van der Waals surface area contributed by atoms with Crippen molar-refractivity contribution < 1.29 is 42.1 Å². The zero-order valence-electron chi connectivity index (χ0n) is 18.7. The molecule has 0 heterocycles. The molecule has 0 bridgehead atoms. The third kappa shape index (κ3) is 8.42. The fourth-order valence-corrected chi connectivity index (χ4v) is 3.28. The van der Waals surface area contributed by atoms with Gasteiger partial charge in [0.25, 0.3) is 5.91 Å². The maximum atomic E-state index is 12.6. The minimum absolute atomic E-state index is 0.00241. The molecular formula is C23H25ClF3NO6. The summed E-state index contributed by atoms with van der Waals surface area (Å²) in [5, 5.41) is 12.1. The van der Waals surface area contributed by atoms with Gasteiger partial charge in [-0.2, -0.15) is 13.2 Å². The van der Waals surface area contributed by atoms with Gasteiger partial charge in [-0.3, -0.25) is 4.79 Å². The normalized spacial score (nSPS) is 12.4. The van der Waals surface area contributed by atoms with Crippen LogP contribution in [0.2, 0.25) is 5.02 Å². The zero-order chi connectivity index (χ0) is 25.5. The third-order valence-corrected chi connectivity index (χ3v) is 4.80. The summed E-state index contributed by atoms with van der Waals surface area (Å²) in [6, 6.07) is 9.26. The van der Waals surface area contributed by atoms with Crippen molar-refractivity contribution in [3.63, 3.8) is 0 Å². The molecule has 1 unspecified atom stereocenters. The lowest BCUT2D eigenvalue weighted by Crippen LogP contribution is -2.31. The van der Waals surface area contributed by atoms with Crippen LogP contribution in [0.4, 0.5) is 13.2 Å². The highest BCUT2D eigenvalue weighted by atomic mass is 35.5. The van der Waals surface area contributed by atoms with Crippen molar-refractivity contribution in [2.24, 2.45) is 0 Å². The number of benzene rings is 2. The van der Waals surface area contributed by atoms with Gasteiger partial charge in [0.2, 0.25) is 0 Å². The van der Waals surface area contributed by atoms with E-state index in [0.717, 1.165) is 0 Å². The Morgan fingerprint density at radius 2 is 1.85 bits per heavy atom. The van der Waals surface area contributed by atoms with Crippen LogP contribution in [0.25, 0.3) is 0 Å². The standard InChI is InChI=1S/C23H25ClF3NO6/c1-13(2)34-16-5-6-17(18(24)10-16)21(29)28-11-15-8-14(4-7-19(15)32-3)9-20(22(30)31)33-12-23(25,26)27/h4-8,10,13,20H,9,11-12H2,1-3H3,(H,28,29)(H,30,31). The fourth-order valence-electron chi connectivity index (χ4n) is 3.02. The van der Waals surface area contributed by atoms with Crippen LogP contribution in [-0.4, -0.2) is 49.1 Å². The van der Waals surface area contributed by atoms with E-state index in [4.69, 9.17) is 21.1 Å². The highest BCUT2D eigenvalue weighted by Crippen LogP contribution is 2.25. The van der Waals surface area contributed by atoms with Gasteiger partial charge >= 0.3 is 12.1 Å². The monoisotopic (exact) mass is 503 g/mol. The van der Waals surface area contributed by atoms with E-state index in [0.29, 0.717) is 22.6 Å². The molecule has 0 aromatic heterocycles. The van der Waals surface area contributed by atoms with Crippen molar-refractivity contribution in [1.29, 1.82) is 0 Å². The molecule has 0 aliphatic rings. The minimum Gasteiger partial charge on any atom is -0.496 e. The number of amides is 1. The van der Waals surface area contributed by atoms with Crippen molar-refractivity contribution in [1.82, 2.24) is 5.32 Å². The van der Waals surface area contributed by atoms with Crippen LogP contribution in [0, 0.1) is 0 Å². The molecule has 7 nitrogen and oxygen atoms in total. The lowest BCUT2D eigenvalue weighted by atomic mass is 10.0. The topological polar surface area (TPSA) is 94.1 Å². The molecule has 0 aliphatic carbocycles. The number of carboxylic acid groups (broad SMARTS) is 1. The second-order valence-electron chi connectivity index (χ2n) is 7.59. The Kier molecular flexibility index (Phi) is 9.57. The first-order valence-electron chi connectivity index (χ1n) is 10.2. The van der Waals surface area contributed by atoms with Crippen molar-refractivity contribution in [3.8, 4) is 11.5 Å². The molecule has 0 aliphatic heterocycles. The van der Waals surface area contributed by atoms with Gasteiger partial charge in [0.05, 0.1) is 23.8 Å². The Morgan fingerprint density at radius 1 is 1.15 bits per heavy atom.